The molecule has 1 aliphatic carbocycles. The van der Waals surface area contributed by atoms with Gasteiger partial charge in [0.25, 0.3) is 5.91 Å². The number of unbranched alkanes of at least 4 members (excludes halogenated alkanes) is 1. The van der Waals surface area contributed by atoms with Gasteiger partial charge >= 0.3 is 24.6 Å². The molecule has 1 aromatic rings. The number of carbonyl (C=O) groups is 3. The van der Waals surface area contributed by atoms with Crippen LogP contribution in [0.3, 0.4) is 0 Å². The van der Waals surface area contributed by atoms with Gasteiger partial charge in [-0.25, -0.2) is 9.59 Å². The Bertz CT molecular complexity index is 1260. The average Bonchev–Trinajstić information content (AvgIpc) is 3.05. The molecule has 2 amide bonds. The number of carbonyl (C=O) groups excluding carboxylic acids is 2. The Kier molecular flexibility index (Phi) is 13.1. The predicted molar refractivity (Wildman–Crippen MR) is 167 cm³/mol. The summed E-state index contributed by atoms with van der Waals surface area (Å²) in [6.45, 7) is 6.50. The molecule has 3 aliphatic heterocycles. The maximum absolute atomic E-state index is 13.2. The van der Waals surface area contributed by atoms with Crippen LogP contribution in [0.4, 0.5) is 31.1 Å². The molecule has 15 heteroatoms. The number of hydrogen-bond donors (Lipinski definition) is 1. The van der Waals surface area contributed by atoms with Crippen LogP contribution in [-0.2, 0) is 9.53 Å². The van der Waals surface area contributed by atoms with Gasteiger partial charge in [-0.15, -0.1) is 13.2 Å². The molecule has 0 bridgehead atoms. The van der Waals surface area contributed by atoms with E-state index in [1.165, 1.54) is 50.3 Å². The first-order valence-corrected chi connectivity index (χ1v) is 17.3. The van der Waals surface area contributed by atoms with Gasteiger partial charge in [0.1, 0.15) is 11.4 Å². The summed E-state index contributed by atoms with van der Waals surface area (Å²) in [6, 6.07) is 5.84. The summed E-state index contributed by atoms with van der Waals surface area (Å²) in [4.78, 5) is 41.3. The maximum Gasteiger partial charge on any atom is 0.573 e. The van der Waals surface area contributed by atoms with Gasteiger partial charge in [-0.3, -0.25) is 9.69 Å². The summed E-state index contributed by atoms with van der Waals surface area (Å²) in [6.07, 6.45) is 2.68. The number of aliphatic carboxylic acids is 1. The van der Waals surface area contributed by atoms with Crippen molar-refractivity contribution < 1.29 is 55.3 Å². The van der Waals surface area contributed by atoms with Crippen molar-refractivity contribution in [3.63, 3.8) is 0 Å². The van der Waals surface area contributed by atoms with E-state index in [1.54, 1.807) is 11.0 Å². The van der Waals surface area contributed by atoms with E-state index < -0.39 is 35.8 Å². The van der Waals surface area contributed by atoms with Gasteiger partial charge in [0.2, 0.25) is 0 Å². The van der Waals surface area contributed by atoms with Crippen LogP contribution in [0.2, 0.25) is 0 Å². The molecule has 276 valence electrons. The summed E-state index contributed by atoms with van der Waals surface area (Å²) in [7, 11) is 0. The van der Waals surface area contributed by atoms with Crippen LogP contribution in [0.15, 0.2) is 24.3 Å². The molecule has 1 N–H and O–H groups in total. The van der Waals surface area contributed by atoms with Crippen LogP contribution in [-0.4, -0.2) is 101 Å². The highest BCUT2D eigenvalue weighted by Gasteiger charge is 2.50. The van der Waals surface area contributed by atoms with E-state index in [1.807, 2.05) is 4.90 Å². The fourth-order valence-electron chi connectivity index (χ4n) is 7.70. The highest BCUT2D eigenvalue weighted by molar-refractivity contribution is 5.97. The number of hydrogen-bond acceptors (Lipinski definition) is 6. The Morgan fingerprint density at radius 2 is 1.57 bits per heavy atom. The fourth-order valence-corrected chi connectivity index (χ4v) is 7.70. The Labute approximate surface area is 282 Å². The lowest BCUT2D eigenvalue weighted by molar-refractivity contribution is -0.274. The Morgan fingerprint density at radius 1 is 0.959 bits per heavy atom. The normalized spacial score (nSPS) is 22.7. The molecule has 1 atom stereocenters. The fraction of sp³-hybridized carbons (Fsp3) is 0.735. The molecule has 3 heterocycles. The zero-order valence-corrected chi connectivity index (χ0v) is 27.9. The second-order valence-electron chi connectivity index (χ2n) is 13.6. The minimum atomic E-state index is -5.08. The van der Waals surface area contributed by atoms with E-state index in [0.717, 1.165) is 71.1 Å². The third kappa shape index (κ3) is 10.6. The van der Waals surface area contributed by atoms with Crippen LogP contribution < -0.4 is 4.74 Å². The standard InChI is InChI=1S/C32H46F3N3O4.C2HF3O2/c1-2-3-11-25-23-38(22-24-9-5-4-6-10-24)30(40)42-31(25)16-20-36(21-17-31)26-14-18-37(19-15-26)29(39)27-12-7-8-13-28(27)41-32(33,34)35;3-2(4,5)1(6)7/h7-8,12-13,24-26H,2-6,9-11,14-23H2,1H3;(H,6,7). The number of carboxylic acids is 1. The number of ether oxygens (including phenoxy) is 2. The van der Waals surface area contributed by atoms with E-state index >= 15 is 0 Å². The van der Waals surface area contributed by atoms with Crippen LogP contribution >= 0.6 is 0 Å². The molecule has 49 heavy (non-hydrogen) atoms. The number of halogens is 6. The number of alkyl halides is 6. The van der Waals surface area contributed by atoms with Crippen LogP contribution in [0.1, 0.15) is 94.3 Å². The highest BCUT2D eigenvalue weighted by Crippen LogP contribution is 2.42. The SMILES string of the molecule is CCCCC1CN(CC2CCCCC2)C(=O)OC12CCN(C1CCN(C(=O)c3ccccc3OC(F)(F)F)CC1)CC2.O=C(O)C(F)(F)F. The third-order valence-corrected chi connectivity index (χ3v) is 10.3. The molecule has 0 radical (unpaired) electrons. The number of rotatable bonds is 8. The molecular weight excluding hydrogens is 660 g/mol. The Morgan fingerprint density at radius 3 is 2.14 bits per heavy atom. The number of carboxylic acid groups (broad SMARTS) is 1. The van der Waals surface area contributed by atoms with E-state index in [-0.39, 0.29) is 11.7 Å². The van der Waals surface area contributed by atoms with Gasteiger partial charge in [-0.05, 0) is 50.2 Å². The number of para-hydroxylation sites is 1. The Balaban J connectivity index is 0.000000698. The monoisotopic (exact) mass is 707 g/mol. The van der Waals surface area contributed by atoms with Gasteiger partial charge in [0, 0.05) is 64.1 Å². The van der Waals surface area contributed by atoms with Gasteiger partial charge in [-0.1, -0.05) is 51.2 Å². The summed E-state index contributed by atoms with van der Waals surface area (Å²) in [5.41, 5.74) is -0.465. The average molecular weight is 708 g/mol. The summed E-state index contributed by atoms with van der Waals surface area (Å²) >= 11 is 0. The summed E-state index contributed by atoms with van der Waals surface area (Å²) in [5, 5.41) is 7.12. The number of amides is 2. The molecule has 4 aliphatic rings. The molecule has 1 unspecified atom stereocenters. The summed E-state index contributed by atoms with van der Waals surface area (Å²) < 4.78 is 80.8. The first kappa shape index (κ1) is 38.6. The zero-order valence-electron chi connectivity index (χ0n) is 27.9. The topological polar surface area (TPSA) is 99.6 Å². The van der Waals surface area contributed by atoms with E-state index in [9.17, 15) is 35.9 Å². The van der Waals surface area contributed by atoms with Gasteiger partial charge < -0.3 is 24.4 Å². The Hall–Kier alpha value is -3.23. The molecule has 5 rings (SSSR count). The van der Waals surface area contributed by atoms with E-state index in [2.05, 4.69) is 16.6 Å². The van der Waals surface area contributed by atoms with Crippen molar-refractivity contribution in [1.29, 1.82) is 0 Å². The minimum Gasteiger partial charge on any atom is -0.475 e. The second kappa shape index (κ2) is 16.7. The summed E-state index contributed by atoms with van der Waals surface area (Å²) in [5.74, 6) is -2.71. The number of piperidine rings is 2. The number of likely N-dealkylation sites (tertiary alicyclic amines) is 2. The molecule has 1 saturated carbocycles. The van der Waals surface area contributed by atoms with Crippen molar-refractivity contribution in [2.45, 2.75) is 108 Å². The predicted octanol–water partition coefficient (Wildman–Crippen LogP) is 7.50. The van der Waals surface area contributed by atoms with Gasteiger partial charge in [-0.2, -0.15) is 13.2 Å². The van der Waals surface area contributed by atoms with E-state index in [4.69, 9.17) is 14.6 Å². The lowest BCUT2D eigenvalue weighted by Gasteiger charge is -2.52. The molecule has 4 fully saturated rings. The van der Waals surface area contributed by atoms with Crippen molar-refractivity contribution in [3.8, 4) is 5.75 Å². The van der Waals surface area contributed by atoms with Crippen molar-refractivity contribution in [1.82, 2.24) is 14.7 Å². The lowest BCUT2D eigenvalue weighted by Crippen LogP contribution is -2.61. The maximum atomic E-state index is 13.2. The smallest absolute Gasteiger partial charge is 0.475 e. The van der Waals surface area contributed by atoms with Gasteiger partial charge in [0.15, 0.2) is 0 Å². The van der Waals surface area contributed by atoms with Crippen molar-refractivity contribution in [2.24, 2.45) is 11.8 Å². The number of nitrogens with zero attached hydrogens (tertiary/aromatic N) is 3. The highest BCUT2D eigenvalue weighted by atomic mass is 19.4. The van der Waals surface area contributed by atoms with E-state index in [0.29, 0.717) is 31.0 Å². The first-order chi connectivity index (χ1) is 23.1. The second-order valence-corrected chi connectivity index (χ2v) is 13.6. The molecule has 1 spiro atoms. The van der Waals surface area contributed by atoms with Crippen molar-refractivity contribution >= 4 is 18.0 Å². The quantitative estimate of drug-likeness (QED) is 0.280. The van der Waals surface area contributed by atoms with Crippen LogP contribution in [0.25, 0.3) is 0 Å². The molecule has 9 nitrogen and oxygen atoms in total. The lowest BCUT2D eigenvalue weighted by atomic mass is 9.75. The number of benzene rings is 1. The molecular formula is C34H47F6N3O6. The first-order valence-electron chi connectivity index (χ1n) is 17.3. The van der Waals surface area contributed by atoms with Crippen LogP contribution in [0.5, 0.6) is 5.75 Å². The molecule has 3 saturated heterocycles. The zero-order chi connectivity index (χ0) is 35.8. The molecule has 1 aromatic carbocycles. The molecule has 0 aromatic heterocycles. The van der Waals surface area contributed by atoms with Crippen LogP contribution in [0, 0.1) is 11.8 Å². The largest absolute Gasteiger partial charge is 0.573 e. The van der Waals surface area contributed by atoms with Crippen molar-refractivity contribution in [2.75, 3.05) is 39.3 Å². The minimum absolute atomic E-state index is 0.0667. The third-order valence-electron chi connectivity index (χ3n) is 10.3. The van der Waals surface area contributed by atoms with Crippen molar-refractivity contribution in [3.05, 3.63) is 29.8 Å². The van der Waals surface area contributed by atoms with Gasteiger partial charge in [0.05, 0.1) is 5.56 Å².